The Bertz CT molecular complexity index is 658. The van der Waals surface area contributed by atoms with E-state index in [9.17, 15) is 9.59 Å². The molecule has 5 nitrogen and oxygen atoms in total. The lowest BCUT2D eigenvalue weighted by atomic mass is 9.73. The van der Waals surface area contributed by atoms with Gasteiger partial charge in [0.1, 0.15) is 12.6 Å². The number of fused-ring (bicyclic) bond motifs is 1. The van der Waals surface area contributed by atoms with Gasteiger partial charge in [-0.2, -0.15) is 0 Å². The molecule has 0 bridgehead atoms. The van der Waals surface area contributed by atoms with Crippen molar-refractivity contribution in [2.45, 2.75) is 52.2 Å². The second-order valence-electron chi connectivity index (χ2n) is 7.26. The van der Waals surface area contributed by atoms with E-state index in [2.05, 4.69) is 19.1 Å². The summed E-state index contributed by atoms with van der Waals surface area (Å²) in [6.45, 7) is 6.36. The lowest BCUT2D eigenvalue weighted by Gasteiger charge is -2.34. The normalized spacial score (nSPS) is 28.5. The number of ether oxygens (including phenoxy) is 3. The second kappa shape index (κ2) is 7.26. The zero-order valence-electron chi connectivity index (χ0n) is 15.3. The summed E-state index contributed by atoms with van der Waals surface area (Å²) in [5, 5.41) is 0. The number of Topliss-reactive ketones (excluding diaryl/α,β-unsaturated/α-hetero) is 1. The predicted molar refractivity (Wildman–Crippen MR) is 92.2 cm³/mol. The molecule has 0 amide bonds. The van der Waals surface area contributed by atoms with Gasteiger partial charge in [0.05, 0.1) is 25.2 Å². The van der Waals surface area contributed by atoms with Gasteiger partial charge in [-0.25, -0.2) is 0 Å². The van der Waals surface area contributed by atoms with E-state index in [1.807, 2.05) is 13.8 Å². The van der Waals surface area contributed by atoms with Gasteiger partial charge in [0.2, 0.25) is 0 Å². The summed E-state index contributed by atoms with van der Waals surface area (Å²) in [5.41, 5.74) is 4.49. The van der Waals surface area contributed by atoms with Crippen molar-refractivity contribution in [3.05, 3.63) is 34.4 Å². The highest BCUT2D eigenvalue weighted by Crippen LogP contribution is 2.38. The van der Waals surface area contributed by atoms with Crippen LogP contribution in [0.25, 0.3) is 0 Å². The van der Waals surface area contributed by atoms with Crippen LogP contribution in [0.4, 0.5) is 0 Å². The van der Waals surface area contributed by atoms with Crippen LogP contribution in [0.15, 0.2) is 12.1 Å². The van der Waals surface area contributed by atoms with Crippen LogP contribution >= 0.6 is 0 Å². The molecular weight excluding hydrogens is 320 g/mol. The summed E-state index contributed by atoms with van der Waals surface area (Å²) in [6.07, 6.45) is 1.13. The molecule has 0 N–H and O–H groups in total. The fraction of sp³-hybridized carbons (Fsp3) is 0.600. The number of hydrogen-bond acceptors (Lipinski definition) is 5. The van der Waals surface area contributed by atoms with Gasteiger partial charge in [0, 0.05) is 12.3 Å². The number of carbonyl (C=O) groups is 2. The highest BCUT2D eigenvalue weighted by Gasteiger charge is 2.47. The average molecular weight is 346 g/mol. The molecule has 1 heterocycles. The van der Waals surface area contributed by atoms with Gasteiger partial charge in [-0.1, -0.05) is 17.7 Å². The zero-order chi connectivity index (χ0) is 18.1. The maximum atomic E-state index is 13.1. The first kappa shape index (κ1) is 18.1. The molecule has 0 spiro atoms. The van der Waals surface area contributed by atoms with Crippen molar-refractivity contribution >= 4 is 11.8 Å². The number of carbonyl (C=O) groups excluding carboxylic acids is 2. The van der Waals surface area contributed by atoms with Crippen LogP contribution < -0.4 is 0 Å². The van der Waals surface area contributed by atoms with E-state index in [4.69, 9.17) is 14.2 Å². The van der Waals surface area contributed by atoms with E-state index in [1.54, 1.807) is 0 Å². The first-order valence-corrected chi connectivity index (χ1v) is 8.81. The second-order valence-corrected chi connectivity index (χ2v) is 7.26. The fourth-order valence-electron chi connectivity index (χ4n) is 4.26. The van der Waals surface area contributed by atoms with Gasteiger partial charge in [-0.05, 0) is 50.3 Å². The van der Waals surface area contributed by atoms with Crippen molar-refractivity contribution in [3.63, 3.8) is 0 Å². The van der Waals surface area contributed by atoms with Gasteiger partial charge in [0.15, 0.2) is 0 Å². The third kappa shape index (κ3) is 3.62. The minimum Gasteiger partial charge on any atom is -0.469 e. The van der Waals surface area contributed by atoms with Gasteiger partial charge in [0.25, 0.3) is 0 Å². The Hall–Kier alpha value is -1.72. The number of rotatable bonds is 4. The molecule has 1 saturated heterocycles. The lowest BCUT2D eigenvalue weighted by Crippen LogP contribution is -2.44. The number of methoxy groups -OCH3 is 1. The van der Waals surface area contributed by atoms with Crippen molar-refractivity contribution in [3.8, 4) is 0 Å². The number of esters is 1. The van der Waals surface area contributed by atoms with Gasteiger partial charge in [-0.15, -0.1) is 0 Å². The van der Waals surface area contributed by atoms with Crippen molar-refractivity contribution in [1.82, 2.24) is 0 Å². The molecule has 2 aliphatic rings. The molecule has 1 aromatic carbocycles. The number of benzene rings is 1. The molecule has 136 valence electrons. The Labute approximate surface area is 148 Å². The maximum absolute atomic E-state index is 13.1. The summed E-state index contributed by atoms with van der Waals surface area (Å²) < 4.78 is 16.1. The summed E-state index contributed by atoms with van der Waals surface area (Å²) >= 11 is 0. The molecule has 4 unspecified atom stereocenters. The van der Waals surface area contributed by atoms with E-state index < -0.39 is 5.92 Å². The molecule has 1 saturated carbocycles. The van der Waals surface area contributed by atoms with E-state index in [0.717, 1.165) is 16.7 Å². The molecular formula is C20H26O5. The zero-order valence-corrected chi connectivity index (χ0v) is 15.3. The predicted octanol–water partition coefficient (Wildman–Crippen LogP) is 2.66. The molecule has 1 aromatic rings. The fourth-order valence-corrected chi connectivity index (χ4v) is 4.26. The minimum atomic E-state index is -0.452. The summed E-state index contributed by atoms with van der Waals surface area (Å²) in [4.78, 5) is 25.3. The molecule has 1 aliphatic heterocycles. The van der Waals surface area contributed by atoms with Crippen LogP contribution in [0.3, 0.4) is 0 Å². The molecule has 2 fully saturated rings. The topological polar surface area (TPSA) is 61.8 Å². The van der Waals surface area contributed by atoms with Crippen molar-refractivity contribution in [1.29, 1.82) is 0 Å². The van der Waals surface area contributed by atoms with Crippen LogP contribution in [0.1, 0.15) is 35.1 Å². The van der Waals surface area contributed by atoms with Crippen LogP contribution in [-0.2, 0) is 30.2 Å². The quantitative estimate of drug-likeness (QED) is 0.785. The van der Waals surface area contributed by atoms with E-state index in [-0.39, 0.29) is 36.7 Å². The molecule has 5 heteroatoms. The third-order valence-corrected chi connectivity index (χ3v) is 5.55. The van der Waals surface area contributed by atoms with Crippen LogP contribution in [0, 0.1) is 32.6 Å². The van der Waals surface area contributed by atoms with Crippen LogP contribution in [0.5, 0.6) is 0 Å². The summed E-state index contributed by atoms with van der Waals surface area (Å²) in [5.74, 6) is -1.08. The van der Waals surface area contributed by atoms with Gasteiger partial charge < -0.3 is 14.2 Å². The first-order chi connectivity index (χ1) is 11.9. The maximum Gasteiger partial charge on any atom is 0.309 e. The molecule has 1 aliphatic carbocycles. The van der Waals surface area contributed by atoms with Crippen molar-refractivity contribution in [2.24, 2.45) is 11.8 Å². The molecule has 3 rings (SSSR count). The largest absolute Gasteiger partial charge is 0.469 e. The number of ketones is 1. The smallest absolute Gasteiger partial charge is 0.309 e. The van der Waals surface area contributed by atoms with Crippen molar-refractivity contribution < 1.29 is 23.8 Å². The highest BCUT2D eigenvalue weighted by molar-refractivity contribution is 5.89. The Kier molecular flexibility index (Phi) is 5.25. The summed E-state index contributed by atoms with van der Waals surface area (Å²) in [7, 11) is 1.37. The van der Waals surface area contributed by atoms with E-state index >= 15 is 0 Å². The molecule has 25 heavy (non-hydrogen) atoms. The lowest BCUT2D eigenvalue weighted by molar-refractivity contribution is -0.154. The third-order valence-electron chi connectivity index (χ3n) is 5.55. The minimum absolute atomic E-state index is 0.0828. The standard InChI is InChI=1S/C20H26O5/c1-11-5-12(2)14(13(3)6-11)7-17(21)15-8-18-19(25-10-24-18)9-16(15)20(22)23-4/h5-6,15-16,18-19H,7-10H2,1-4H3. The van der Waals surface area contributed by atoms with E-state index in [1.165, 1.54) is 12.7 Å². The Morgan fingerprint density at radius 2 is 1.60 bits per heavy atom. The van der Waals surface area contributed by atoms with Gasteiger partial charge in [-0.3, -0.25) is 9.59 Å². The highest BCUT2D eigenvalue weighted by atomic mass is 16.7. The number of hydrogen-bond donors (Lipinski definition) is 0. The molecule has 0 radical (unpaired) electrons. The van der Waals surface area contributed by atoms with Gasteiger partial charge >= 0.3 is 5.97 Å². The Balaban J connectivity index is 1.82. The molecule has 0 aromatic heterocycles. The van der Waals surface area contributed by atoms with Crippen molar-refractivity contribution in [2.75, 3.05) is 13.9 Å². The van der Waals surface area contributed by atoms with E-state index in [0.29, 0.717) is 19.3 Å². The first-order valence-electron chi connectivity index (χ1n) is 8.81. The average Bonchev–Trinajstić information content (AvgIpc) is 3.03. The van der Waals surface area contributed by atoms with Crippen LogP contribution in [0.2, 0.25) is 0 Å². The summed E-state index contributed by atoms with van der Waals surface area (Å²) in [6, 6.07) is 4.19. The Morgan fingerprint density at radius 1 is 1.04 bits per heavy atom. The monoisotopic (exact) mass is 346 g/mol. The SMILES string of the molecule is COC(=O)C1CC2OCOC2CC1C(=O)Cc1c(C)cc(C)cc1C. The van der Waals surface area contributed by atoms with Crippen LogP contribution in [-0.4, -0.2) is 37.9 Å². The number of aryl methyl sites for hydroxylation is 3. The molecule has 4 atom stereocenters. The Morgan fingerprint density at radius 3 is 2.16 bits per heavy atom.